The molecule has 0 amide bonds. The van der Waals surface area contributed by atoms with Gasteiger partial charge in [-0.15, -0.1) is 0 Å². The molecule has 0 aliphatic heterocycles. The van der Waals surface area contributed by atoms with E-state index in [-0.39, 0.29) is 0 Å². The number of allylic oxidation sites excluding steroid dienone is 4. The number of hydrogen-bond acceptors (Lipinski definition) is 0. The molecule has 0 saturated carbocycles. The van der Waals surface area contributed by atoms with Gasteiger partial charge in [-0.3, -0.25) is 0 Å². The van der Waals surface area contributed by atoms with Crippen molar-refractivity contribution in [1.82, 2.24) is 0 Å². The fourth-order valence-corrected chi connectivity index (χ4v) is 8.57. The first-order valence-corrected chi connectivity index (χ1v) is 19.2. The molecule has 0 N–H and O–H groups in total. The Hall–Kier alpha value is -2.18. The minimum Gasteiger partial charge on any atom is -0.0619 e. The van der Waals surface area contributed by atoms with Crippen LogP contribution in [0.5, 0.6) is 0 Å². The van der Waals surface area contributed by atoms with Crippen LogP contribution in [-0.2, 0) is 19.4 Å². The molecule has 0 nitrogen and oxygen atoms in total. The Morgan fingerprint density at radius 3 is 1.15 bits per heavy atom. The van der Waals surface area contributed by atoms with Crippen molar-refractivity contribution in [2.45, 2.75) is 18.3 Å². The Morgan fingerprint density at radius 1 is 0.529 bits per heavy atom. The fourth-order valence-electron chi connectivity index (χ4n) is 5.69. The third-order valence-corrected chi connectivity index (χ3v) is 12.1. The largest absolute Gasteiger partial charge is 0.0619 e. The summed E-state index contributed by atoms with van der Waals surface area (Å²) < 4.78 is 1.29. The summed E-state index contributed by atoms with van der Waals surface area (Å²) in [5.41, 5.74) is 11.4. The summed E-state index contributed by atoms with van der Waals surface area (Å²) in [5.74, 6) is 0.763. The Balaban J connectivity index is 0.000000233. The van der Waals surface area contributed by atoms with E-state index >= 15 is 0 Å². The molecular weight excluding hydrogens is 534 g/mol. The molecule has 4 aromatic rings. The van der Waals surface area contributed by atoms with Gasteiger partial charge in [-0.1, -0.05) is 97.1 Å². The van der Waals surface area contributed by atoms with E-state index in [1.807, 2.05) is 12.2 Å². The molecule has 0 spiro atoms. The summed E-state index contributed by atoms with van der Waals surface area (Å²) in [7, 11) is 11.5. The van der Waals surface area contributed by atoms with Crippen molar-refractivity contribution in [2.75, 3.05) is 0 Å². The molecule has 34 heavy (non-hydrogen) atoms. The zero-order valence-corrected chi connectivity index (χ0v) is 22.6. The first kappa shape index (κ1) is 22.3. The van der Waals surface area contributed by atoms with Gasteiger partial charge in [0.2, 0.25) is 0 Å². The first-order valence-electron chi connectivity index (χ1n) is 11.6. The molecule has 165 valence electrons. The van der Waals surface area contributed by atoms with Crippen LogP contribution >= 0.6 is 17.0 Å². The van der Waals surface area contributed by atoms with Crippen molar-refractivity contribution in [3.05, 3.63) is 141 Å². The van der Waals surface area contributed by atoms with E-state index < -0.39 is 19.4 Å². The number of benzene rings is 4. The second kappa shape index (κ2) is 9.46. The topological polar surface area (TPSA) is 0 Å². The van der Waals surface area contributed by atoms with Crippen LogP contribution in [0.15, 0.2) is 119 Å². The van der Waals surface area contributed by atoms with Gasteiger partial charge in [0.15, 0.2) is 0 Å². The second-order valence-corrected chi connectivity index (χ2v) is 17.4. The number of hydrogen-bond donors (Lipinski definition) is 0. The maximum absolute atomic E-state index is 5.74. The van der Waals surface area contributed by atoms with Crippen molar-refractivity contribution >= 4 is 17.0 Å². The molecule has 3 aliphatic rings. The number of fused-ring (bicyclic) bond motifs is 6. The smallest absolute Gasteiger partial charge is 0.0211 e. The minimum atomic E-state index is -1.96. The van der Waals surface area contributed by atoms with Crippen LogP contribution in [0.2, 0.25) is 0 Å². The van der Waals surface area contributed by atoms with E-state index in [2.05, 4.69) is 103 Å². The third kappa shape index (κ3) is 3.79. The zero-order chi connectivity index (χ0) is 23.1. The maximum atomic E-state index is 5.74. The van der Waals surface area contributed by atoms with Crippen molar-refractivity contribution in [1.29, 1.82) is 0 Å². The molecule has 3 heteroatoms. The van der Waals surface area contributed by atoms with Crippen LogP contribution < -0.4 is 0 Å². The Labute approximate surface area is 216 Å². The van der Waals surface area contributed by atoms with Crippen LogP contribution in [-0.4, -0.2) is 0 Å². The number of halogens is 2. The average Bonchev–Trinajstić information content (AvgIpc) is 3.60. The van der Waals surface area contributed by atoms with Gasteiger partial charge in [0.25, 0.3) is 0 Å². The van der Waals surface area contributed by atoms with E-state index in [1.165, 1.54) is 47.8 Å². The Morgan fingerprint density at radius 2 is 0.882 bits per heavy atom. The zero-order valence-electron chi connectivity index (χ0n) is 18.6. The van der Waals surface area contributed by atoms with Crippen molar-refractivity contribution < 1.29 is 19.4 Å². The molecule has 4 aromatic carbocycles. The monoisotopic (exact) mass is 555 g/mol. The molecule has 0 heterocycles. The minimum absolute atomic E-state index is 0.382. The molecule has 0 radical (unpaired) electrons. The van der Waals surface area contributed by atoms with Gasteiger partial charge in [0.1, 0.15) is 0 Å². The van der Waals surface area contributed by atoms with Gasteiger partial charge in [-0.25, -0.2) is 0 Å². The van der Waals surface area contributed by atoms with Crippen LogP contribution in [0.4, 0.5) is 0 Å². The second-order valence-electron chi connectivity index (χ2n) is 8.89. The van der Waals surface area contributed by atoms with Crippen LogP contribution in [0.1, 0.15) is 40.5 Å². The molecule has 0 bridgehead atoms. The van der Waals surface area contributed by atoms with Crippen LogP contribution in [0, 0.1) is 0 Å². The van der Waals surface area contributed by atoms with Gasteiger partial charge in [0.05, 0.1) is 0 Å². The van der Waals surface area contributed by atoms with Gasteiger partial charge in [-0.05, 0) is 44.5 Å². The summed E-state index contributed by atoms with van der Waals surface area (Å²) in [5, 5.41) is 0. The standard InChI is InChI=1S/C26H18.C5H5.2ClH.Zr/c1-5-13-21-17(9-1)18-10-2-6-14-22(18)25(21)26-23-15-7-3-11-19(23)20-12-4-8-16-24(20)26;1-2-4-5-3-1;;;/h1-16,25-26H;1-3H,4H2;2*1H;/q;;;;+2/p-2. The van der Waals surface area contributed by atoms with Crippen LogP contribution in [0.25, 0.3) is 22.3 Å². The average molecular weight is 558 g/mol. The summed E-state index contributed by atoms with van der Waals surface area (Å²) in [6.45, 7) is 0. The molecule has 0 aromatic heterocycles. The summed E-state index contributed by atoms with van der Waals surface area (Å²) >= 11 is -1.96. The van der Waals surface area contributed by atoms with E-state index in [4.69, 9.17) is 17.0 Å². The van der Waals surface area contributed by atoms with Gasteiger partial charge < -0.3 is 0 Å². The first-order chi connectivity index (χ1) is 16.7. The molecule has 0 fully saturated rings. The Bertz CT molecular complexity index is 1250. The molecular formula is C31H23Cl2Zr. The predicted octanol–water partition coefficient (Wildman–Crippen LogP) is 9.37. The van der Waals surface area contributed by atoms with Gasteiger partial charge in [0, 0.05) is 11.8 Å². The summed E-state index contributed by atoms with van der Waals surface area (Å²) in [4.78, 5) is 0. The molecule has 0 atom stereocenters. The Kier molecular flexibility index (Phi) is 6.21. The van der Waals surface area contributed by atoms with E-state index in [0.717, 1.165) is 6.42 Å². The summed E-state index contributed by atoms with van der Waals surface area (Å²) in [6, 6.07) is 35.8. The van der Waals surface area contributed by atoms with Crippen molar-refractivity contribution in [3.8, 4) is 22.3 Å². The van der Waals surface area contributed by atoms with Crippen molar-refractivity contribution in [2.24, 2.45) is 0 Å². The van der Waals surface area contributed by atoms with E-state index in [0.29, 0.717) is 11.8 Å². The van der Waals surface area contributed by atoms with Crippen LogP contribution in [0.3, 0.4) is 0 Å². The maximum Gasteiger partial charge on any atom is 0.0211 e. The van der Waals surface area contributed by atoms with Gasteiger partial charge in [-0.2, -0.15) is 0 Å². The predicted molar refractivity (Wildman–Crippen MR) is 141 cm³/mol. The molecule has 0 unspecified atom stereocenters. The van der Waals surface area contributed by atoms with Crippen molar-refractivity contribution in [3.63, 3.8) is 0 Å². The quantitative estimate of drug-likeness (QED) is 0.230. The van der Waals surface area contributed by atoms with E-state index in [1.54, 1.807) is 0 Å². The SMILES string of the molecule is [Cl][Zr]([Cl])[C]1=CC=CC1.c1ccc2c(c1)-c1ccccc1C2C1c2ccccc2-c2ccccc21. The summed E-state index contributed by atoms with van der Waals surface area (Å²) in [6.07, 6.45) is 7.14. The number of rotatable bonds is 2. The van der Waals surface area contributed by atoms with E-state index in [9.17, 15) is 0 Å². The van der Waals surface area contributed by atoms with Gasteiger partial charge >= 0.3 is 64.3 Å². The molecule has 3 aliphatic carbocycles. The third-order valence-electron chi connectivity index (χ3n) is 7.11. The molecule has 0 saturated heterocycles. The fraction of sp³-hybridized carbons (Fsp3) is 0.0968. The normalized spacial score (nSPS) is 15.1. The molecule has 7 rings (SSSR count).